The molecule has 1 aliphatic rings. The first-order chi connectivity index (χ1) is 15.6. The third-order valence-corrected chi connectivity index (χ3v) is 6.06. The molecule has 0 fully saturated rings. The highest BCUT2D eigenvalue weighted by Crippen LogP contribution is 2.31. The van der Waals surface area contributed by atoms with E-state index in [0.29, 0.717) is 21.5 Å². The minimum absolute atomic E-state index is 0.0267. The van der Waals surface area contributed by atoms with Gasteiger partial charge in [0.05, 0.1) is 11.4 Å². The summed E-state index contributed by atoms with van der Waals surface area (Å²) >= 11 is 7.36. The summed E-state index contributed by atoms with van der Waals surface area (Å²) in [6.45, 7) is 7.86. The summed E-state index contributed by atoms with van der Waals surface area (Å²) in [7, 11) is 0. The first-order valence-electron chi connectivity index (χ1n) is 10.3. The van der Waals surface area contributed by atoms with Gasteiger partial charge in [0.1, 0.15) is 0 Å². The second-order valence-electron chi connectivity index (χ2n) is 8.55. The van der Waals surface area contributed by atoms with Crippen LogP contribution in [0.15, 0.2) is 64.6 Å². The predicted molar refractivity (Wildman–Crippen MR) is 132 cm³/mol. The van der Waals surface area contributed by atoms with Crippen LogP contribution in [0.1, 0.15) is 44.5 Å². The van der Waals surface area contributed by atoms with Crippen molar-refractivity contribution < 1.29 is 14.3 Å². The molecule has 6 nitrogen and oxygen atoms in total. The summed E-state index contributed by atoms with van der Waals surface area (Å²) in [5.41, 5.74) is 3.20. The highest BCUT2D eigenvalue weighted by atomic mass is 35.5. The Morgan fingerprint density at radius 2 is 1.88 bits per heavy atom. The second-order valence-corrected chi connectivity index (χ2v) is 9.83. The Morgan fingerprint density at radius 3 is 2.52 bits per heavy atom. The number of carbonyl (C=O) groups excluding carboxylic acids is 2. The zero-order chi connectivity index (χ0) is 23.8. The molecule has 0 saturated heterocycles. The van der Waals surface area contributed by atoms with Gasteiger partial charge in [-0.25, -0.2) is 14.8 Å². The van der Waals surface area contributed by atoms with Crippen molar-refractivity contribution in [3.8, 4) is 0 Å². The highest BCUT2D eigenvalue weighted by Gasteiger charge is 2.25. The van der Waals surface area contributed by atoms with E-state index in [0.717, 1.165) is 5.56 Å². The zero-order valence-corrected chi connectivity index (χ0v) is 20.2. The molecule has 1 aromatic heterocycles. The summed E-state index contributed by atoms with van der Waals surface area (Å²) in [5, 5.41) is 2.73. The molecule has 33 heavy (non-hydrogen) atoms. The summed E-state index contributed by atoms with van der Waals surface area (Å²) in [6.07, 6.45) is 1.55. The van der Waals surface area contributed by atoms with Crippen molar-refractivity contribution in [2.75, 3.05) is 4.90 Å². The number of ether oxygens (including phenoxy) is 1. The number of benzene rings is 2. The largest absolute Gasteiger partial charge is 0.402 e. The van der Waals surface area contributed by atoms with Gasteiger partial charge in [-0.15, -0.1) is 11.3 Å². The molecule has 0 radical (unpaired) electrons. The lowest BCUT2D eigenvalue weighted by Crippen LogP contribution is -2.22. The molecule has 4 rings (SSSR count). The molecule has 0 spiro atoms. The molecule has 3 aromatic rings. The van der Waals surface area contributed by atoms with Crippen molar-refractivity contribution in [2.45, 2.75) is 33.1 Å². The van der Waals surface area contributed by atoms with E-state index in [9.17, 15) is 9.59 Å². The van der Waals surface area contributed by atoms with E-state index in [1.54, 1.807) is 35.7 Å². The number of thiazole rings is 1. The van der Waals surface area contributed by atoms with Gasteiger partial charge in [0.2, 0.25) is 11.8 Å². The standard InChI is InChI=1S/C25H22ClN3O3S/c1-15(30)29(20-7-5-6-18(26)12-20)24-27-19(14-33-24)13-21-23(31)32-22(28-21)16-8-10-17(11-9-16)25(2,3)4/h5-14H,1-4H3/b21-13-. The van der Waals surface area contributed by atoms with E-state index in [1.807, 2.05) is 24.3 Å². The number of carbonyl (C=O) groups is 2. The van der Waals surface area contributed by atoms with Crippen molar-refractivity contribution in [2.24, 2.45) is 4.99 Å². The summed E-state index contributed by atoms with van der Waals surface area (Å²) in [6, 6.07) is 14.8. The number of cyclic esters (lactones) is 1. The summed E-state index contributed by atoms with van der Waals surface area (Å²) < 4.78 is 5.37. The third-order valence-electron chi connectivity index (χ3n) is 4.99. The molecule has 2 heterocycles. The van der Waals surface area contributed by atoms with Crippen LogP contribution >= 0.6 is 22.9 Å². The van der Waals surface area contributed by atoms with Crippen LogP contribution < -0.4 is 4.90 Å². The monoisotopic (exact) mass is 479 g/mol. The van der Waals surface area contributed by atoms with Crippen molar-refractivity contribution in [3.63, 3.8) is 0 Å². The maximum atomic E-state index is 12.4. The Kier molecular flexibility index (Phi) is 6.19. The smallest absolute Gasteiger partial charge is 0.363 e. The van der Waals surface area contributed by atoms with Crippen LogP contribution in [-0.4, -0.2) is 22.8 Å². The number of esters is 1. The van der Waals surface area contributed by atoms with Gasteiger partial charge in [0, 0.05) is 22.9 Å². The van der Waals surface area contributed by atoms with Gasteiger partial charge in [0.15, 0.2) is 10.8 Å². The van der Waals surface area contributed by atoms with Crippen molar-refractivity contribution >= 4 is 57.6 Å². The fourth-order valence-electron chi connectivity index (χ4n) is 3.27. The predicted octanol–water partition coefficient (Wildman–Crippen LogP) is 6.12. The Balaban J connectivity index is 1.60. The van der Waals surface area contributed by atoms with Crippen LogP contribution in [-0.2, 0) is 19.7 Å². The van der Waals surface area contributed by atoms with Crippen molar-refractivity contribution in [1.82, 2.24) is 4.98 Å². The van der Waals surface area contributed by atoms with Crippen LogP contribution in [0.5, 0.6) is 0 Å². The van der Waals surface area contributed by atoms with Crippen LogP contribution in [0.4, 0.5) is 10.8 Å². The molecule has 0 aliphatic carbocycles. The van der Waals surface area contributed by atoms with E-state index in [2.05, 4.69) is 30.7 Å². The lowest BCUT2D eigenvalue weighted by atomic mass is 9.87. The van der Waals surface area contributed by atoms with Crippen molar-refractivity contribution in [1.29, 1.82) is 0 Å². The topological polar surface area (TPSA) is 71.9 Å². The van der Waals surface area contributed by atoms with E-state index < -0.39 is 5.97 Å². The van der Waals surface area contributed by atoms with Crippen LogP contribution in [0.2, 0.25) is 5.02 Å². The maximum Gasteiger partial charge on any atom is 0.363 e. The first kappa shape index (κ1) is 22.9. The maximum absolute atomic E-state index is 12.4. The molecule has 2 aromatic carbocycles. The quantitative estimate of drug-likeness (QED) is 0.333. The van der Waals surface area contributed by atoms with Crippen LogP contribution in [0.3, 0.4) is 0 Å². The minimum atomic E-state index is -0.544. The molecule has 0 saturated carbocycles. The molecule has 8 heteroatoms. The van der Waals surface area contributed by atoms with Gasteiger partial charge in [-0.3, -0.25) is 9.69 Å². The lowest BCUT2D eigenvalue weighted by Gasteiger charge is -2.18. The molecule has 0 bridgehead atoms. The minimum Gasteiger partial charge on any atom is -0.402 e. The number of halogens is 1. The molecule has 0 atom stereocenters. The SMILES string of the molecule is CC(=O)N(c1cccc(Cl)c1)c1nc(/C=C2\N=C(c3ccc(C(C)(C)C)cc3)OC2=O)cs1. The second kappa shape index (κ2) is 8.92. The van der Waals surface area contributed by atoms with Crippen molar-refractivity contribution in [3.05, 3.63) is 81.5 Å². The number of rotatable bonds is 4. The molecular formula is C25H22ClN3O3S. The average Bonchev–Trinajstić information content (AvgIpc) is 3.34. The number of aliphatic imine (C=N–C) groups is 1. The molecule has 168 valence electrons. The fraction of sp³-hybridized carbons (Fsp3) is 0.200. The van der Waals surface area contributed by atoms with Crippen LogP contribution in [0.25, 0.3) is 6.08 Å². The van der Waals surface area contributed by atoms with Gasteiger partial charge < -0.3 is 4.74 Å². The summed E-state index contributed by atoms with van der Waals surface area (Å²) in [5.74, 6) is -0.491. The number of nitrogens with zero attached hydrogens (tertiary/aromatic N) is 3. The van der Waals surface area contributed by atoms with Gasteiger partial charge in [-0.05, 0) is 47.4 Å². The first-order valence-corrected chi connectivity index (χ1v) is 11.5. The van der Waals surface area contributed by atoms with E-state index in [4.69, 9.17) is 16.3 Å². The molecule has 1 amide bonds. The lowest BCUT2D eigenvalue weighted by molar-refractivity contribution is -0.130. The normalized spacial score (nSPS) is 14.9. The van der Waals surface area contributed by atoms with E-state index >= 15 is 0 Å². The van der Waals surface area contributed by atoms with Gasteiger partial charge in [0.25, 0.3) is 0 Å². The number of hydrogen-bond acceptors (Lipinski definition) is 6. The molecular weight excluding hydrogens is 458 g/mol. The Morgan fingerprint density at radius 1 is 1.15 bits per heavy atom. The van der Waals surface area contributed by atoms with Gasteiger partial charge in [-0.1, -0.05) is 50.6 Å². The highest BCUT2D eigenvalue weighted by molar-refractivity contribution is 7.14. The van der Waals surface area contributed by atoms with Gasteiger partial charge in [-0.2, -0.15) is 0 Å². The Hall–Kier alpha value is -3.29. The fourth-order valence-corrected chi connectivity index (χ4v) is 4.30. The summed E-state index contributed by atoms with van der Waals surface area (Å²) in [4.78, 5) is 35.0. The molecule has 0 N–H and O–H groups in total. The van der Waals surface area contributed by atoms with E-state index in [-0.39, 0.29) is 22.9 Å². The Labute approximate surface area is 201 Å². The number of aromatic nitrogens is 1. The third kappa shape index (κ3) is 5.05. The van der Waals surface area contributed by atoms with E-state index in [1.165, 1.54) is 28.7 Å². The molecule has 1 aliphatic heterocycles. The number of hydrogen-bond donors (Lipinski definition) is 0. The van der Waals surface area contributed by atoms with Crippen LogP contribution in [0, 0.1) is 0 Å². The Bertz CT molecular complexity index is 1290. The van der Waals surface area contributed by atoms with Gasteiger partial charge >= 0.3 is 5.97 Å². The number of amides is 1. The zero-order valence-electron chi connectivity index (χ0n) is 18.6. The number of anilines is 2. The average molecular weight is 480 g/mol. The molecule has 0 unspecified atom stereocenters.